The second kappa shape index (κ2) is 6.23. The molecule has 1 unspecified atom stereocenters. The minimum absolute atomic E-state index is 0.112. The molecule has 0 N–H and O–H groups in total. The molecule has 3 aromatic rings. The van der Waals surface area contributed by atoms with Gasteiger partial charge >= 0.3 is 0 Å². The van der Waals surface area contributed by atoms with E-state index in [1.165, 1.54) is 4.88 Å². The van der Waals surface area contributed by atoms with Gasteiger partial charge in [0.1, 0.15) is 0 Å². The van der Waals surface area contributed by atoms with Crippen LogP contribution in [0.25, 0.3) is 0 Å². The second-order valence-electron chi connectivity index (χ2n) is 5.95. The van der Waals surface area contributed by atoms with Gasteiger partial charge in [0.15, 0.2) is 0 Å². The Balaban J connectivity index is 1.72. The van der Waals surface area contributed by atoms with Crippen molar-refractivity contribution in [2.75, 3.05) is 12.1 Å². The SMILES string of the molecule is CN(Cc1cccs1)N1C(=O)C(c2ccccc2)c2ccccc21. The van der Waals surface area contributed by atoms with Crippen LogP contribution in [0.2, 0.25) is 0 Å². The first-order chi connectivity index (χ1) is 11.8. The molecule has 1 atom stereocenters. The Labute approximate surface area is 145 Å². The number of nitrogens with zero attached hydrogens (tertiary/aromatic N) is 2. The molecule has 1 amide bonds. The number of hydrogen-bond donors (Lipinski definition) is 0. The lowest BCUT2D eigenvalue weighted by atomic mass is 9.93. The molecule has 24 heavy (non-hydrogen) atoms. The van der Waals surface area contributed by atoms with E-state index in [1.54, 1.807) is 11.3 Å². The van der Waals surface area contributed by atoms with Crippen molar-refractivity contribution in [1.29, 1.82) is 0 Å². The number of anilines is 1. The third-order valence-corrected chi connectivity index (χ3v) is 5.23. The molecule has 0 bridgehead atoms. The molecule has 0 aliphatic carbocycles. The molecule has 120 valence electrons. The van der Waals surface area contributed by atoms with Crippen LogP contribution < -0.4 is 5.01 Å². The van der Waals surface area contributed by atoms with E-state index < -0.39 is 0 Å². The van der Waals surface area contributed by atoms with Crippen LogP contribution in [-0.4, -0.2) is 18.0 Å². The highest BCUT2D eigenvalue weighted by atomic mass is 32.1. The van der Waals surface area contributed by atoms with Crippen molar-refractivity contribution in [3.8, 4) is 0 Å². The Morgan fingerprint density at radius 2 is 1.75 bits per heavy atom. The fourth-order valence-corrected chi connectivity index (χ4v) is 4.07. The van der Waals surface area contributed by atoms with Crippen LogP contribution in [-0.2, 0) is 11.3 Å². The van der Waals surface area contributed by atoms with E-state index in [2.05, 4.69) is 17.5 Å². The molecule has 0 radical (unpaired) electrons. The summed E-state index contributed by atoms with van der Waals surface area (Å²) in [6.07, 6.45) is 0. The van der Waals surface area contributed by atoms with E-state index in [-0.39, 0.29) is 11.8 Å². The highest BCUT2D eigenvalue weighted by molar-refractivity contribution is 7.09. The quantitative estimate of drug-likeness (QED) is 0.711. The number of hydrazine groups is 1. The predicted octanol–water partition coefficient (Wildman–Crippen LogP) is 4.27. The molecular formula is C20H18N2OS. The van der Waals surface area contributed by atoms with Gasteiger partial charge < -0.3 is 0 Å². The van der Waals surface area contributed by atoms with Crippen LogP contribution in [0.15, 0.2) is 72.1 Å². The minimum Gasteiger partial charge on any atom is -0.272 e. The zero-order valence-corrected chi connectivity index (χ0v) is 14.2. The van der Waals surface area contributed by atoms with Gasteiger partial charge in [-0.05, 0) is 28.6 Å². The monoisotopic (exact) mass is 334 g/mol. The molecule has 4 rings (SSSR count). The standard InChI is InChI=1S/C20H18N2OS/c1-21(14-16-10-7-13-24-16)22-18-12-6-5-11-17(18)19(20(22)23)15-8-3-2-4-9-15/h2-13,19H,14H2,1H3. The number of benzene rings is 2. The summed E-state index contributed by atoms with van der Waals surface area (Å²) < 4.78 is 0. The largest absolute Gasteiger partial charge is 0.272 e. The maximum absolute atomic E-state index is 13.2. The van der Waals surface area contributed by atoms with Gasteiger partial charge in [0.2, 0.25) is 0 Å². The van der Waals surface area contributed by atoms with E-state index in [9.17, 15) is 4.79 Å². The zero-order valence-electron chi connectivity index (χ0n) is 13.4. The van der Waals surface area contributed by atoms with Gasteiger partial charge in [-0.25, -0.2) is 10.0 Å². The summed E-state index contributed by atoms with van der Waals surface area (Å²) in [7, 11) is 1.97. The summed E-state index contributed by atoms with van der Waals surface area (Å²) in [4.78, 5) is 14.5. The maximum atomic E-state index is 13.2. The zero-order chi connectivity index (χ0) is 16.5. The van der Waals surface area contributed by atoms with Crippen molar-refractivity contribution >= 4 is 22.9 Å². The van der Waals surface area contributed by atoms with E-state index in [1.807, 2.05) is 71.7 Å². The Bertz CT molecular complexity index is 845. The van der Waals surface area contributed by atoms with Crippen LogP contribution in [0.1, 0.15) is 21.9 Å². The van der Waals surface area contributed by atoms with Crippen molar-refractivity contribution in [2.45, 2.75) is 12.5 Å². The first kappa shape index (κ1) is 15.1. The molecule has 1 aliphatic heterocycles. The number of amides is 1. The average Bonchev–Trinajstić information content (AvgIpc) is 3.20. The lowest BCUT2D eigenvalue weighted by Gasteiger charge is -2.28. The summed E-state index contributed by atoms with van der Waals surface area (Å²) in [5, 5.41) is 5.90. The van der Waals surface area contributed by atoms with Crippen LogP contribution in [0.4, 0.5) is 5.69 Å². The Morgan fingerprint density at radius 3 is 2.50 bits per heavy atom. The number of thiophene rings is 1. The van der Waals surface area contributed by atoms with Gasteiger partial charge in [0.25, 0.3) is 5.91 Å². The van der Waals surface area contributed by atoms with Gasteiger partial charge in [0.05, 0.1) is 18.2 Å². The van der Waals surface area contributed by atoms with E-state index in [4.69, 9.17) is 0 Å². The summed E-state index contributed by atoms with van der Waals surface area (Å²) >= 11 is 1.71. The Morgan fingerprint density at radius 1 is 1.00 bits per heavy atom. The Hall–Kier alpha value is -2.43. The first-order valence-corrected chi connectivity index (χ1v) is 8.85. The van der Waals surface area contributed by atoms with E-state index >= 15 is 0 Å². The molecule has 2 aromatic carbocycles. The maximum Gasteiger partial charge on any atom is 0.253 e. The third kappa shape index (κ3) is 2.54. The summed E-state index contributed by atoms with van der Waals surface area (Å²) in [5.74, 6) is -0.116. The highest BCUT2D eigenvalue weighted by Crippen LogP contribution is 2.41. The van der Waals surface area contributed by atoms with Gasteiger partial charge in [-0.2, -0.15) is 0 Å². The number of rotatable bonds is 4. The summed E-state index contributed by atoms with van der Waals surface area (Å²) in [6, 6.07) is 22.2. The number of hydrogen-bond acceptors (Lipinski definition) is 3. The fourth-order valence-electron chi connectivity index (χ4n) is 3.32. The molecule has 3 nitrogen and oxygen atoms in total. The molecule has 0 saturated carbocycles. The van der Waals surface area contributed by atoms with E-state index in [0.717, 1.165) is 23.4 Å². The molecule has 0 spiro atoms. The smallest absolute Gasteiger partial charge is 0.253 e. The second-order valence-corrected chi connectivity index (χ2v) is 6.98. The molecule has 0 saturated heterocycles. The van der Waals surface area contributed by atoms with Gasteiger partial charge in [-0.3, -0.25) is 4.79 Å². The molecule has 4 heteroatoms. The minimum atomic E-state index is -0.229. The van der Waals surface area contributed by atoms with Crippen molar-refractivity contribution in [3.63, 3.8) is 0 Å². The van der Waals surface area contributed by atoms with Crippen molar-refractivity contribution in [2.24, 2.45) is 0 Å². The van der Waals surface area contributed by atoms with Crippen molar-refractivity contribution in [1.82, 2.24) is 5.01 Å². The van der Waals surface area contributed by atoms with Gasteiger partial charge in [-0.15, -0.1) is 11.3 Å². The normalized spacial score (nSPS) is 16.7. The first-order valence-electron chi connectivity index (χ1n) is 7.97. The predicted molar refractivity (Wildman–Crippen MR) is 98.0 cm³/mol. The lowest BCUT2D eigenvalue weighted by Crippen LogP contribution is -2.42. The average molecular weight is 334 g/mol. The highest BCUT2D eigenvalue weighted by Gasteiger charge is 2.40. The third-order valence-electron chi connectivity index (χ3n) is 4.37. The van der Waals surface area contributed by atoms with Crippen LogP contribution >= 0.6 is 11.3 Å². The molecular weight excluding hydrogens is 316 g/mol. The number of carbonyl (C=O) groups is 1. The number of para-hydroxylation sites is 1. The number of carbonyl (C=O) groups excluding carboxylic acids is 1. The fraction of sp³-hybridized carbons (Fsp3) is 0.150. The van der Waals surface area contributed by atoms with Crippen molar-refractivity contribution < 1.29 is 4.79 Å². The van der Waals surface area contributed by atoms with Crippen LogP contribution in [0, 0.1) is 0 Å². The van der Waals surface area contributed by atoms with Gasteiger partial charge in [-0.1, -0.05) is 54.6 Å². The molecule has 0 fully saturated rings. The molecule has 2 heterocycles. The van der Waals surface area contributed by atoms with E-state index in [0.29, 0.717) is 0 Å². The topological polar surface area (TPSA) is 23.6 Å². The van der Waals surface area contributed by atoms with Gasteiger partial charge in [0, 0.05) is 11.9 Å². The van der Waals surface area contributed by atoms with Crippen LogP contribution in [0.3, 0.4) is 0 Å². The summed E-state index contributed by atoms with van der Waals surface area (Å²) in [6.45, 7) is 0.721. The molecule has 1 aliphatic rings. The number of fused-ring (bicyclic) bond motifs is 1. The lowest BCUT2D eigenvalue weighted by molar-refractivity contribution is -0.121. The summed E-state index contributed by atoms with van der Waals surface area (Å²) in [5.41, 5.74) is 3.10. The van der Waals surface area contributed by atoms with Crippen LogP contribution in [0.5, 0.6) is 0 Å². The van der Waals surface area contributed by atoms with Crippen molar-refractivity contribution in [3.05, 3.63) is 88.1 Å². The molecule has 1 aromatic heterocycles. The Kier molecular flexibility index (Phi) is 3.92.